The van der Waals surface area contributed by atoms with E-state index in [1.807, 2.05) is 23.9 Å². The van der Waals surface area contributed by atoms with Crippen LogP contribution in [0.25, 0.3) is 0 Å². The smallest absolute Gasteiger partial charge is 0.193 e. The highest BCUT2D eigenvalue weighted by molar-refractivity contribution is 5.79. The van der Waals surface area contributed by atoms with Crippen molar-refractivity contribution in [3.05, 3.63) is 47.3 Å². The second-order valence-electron chi connectivity index (χ2n) is 7.06. The van der Waals surface area contributed by atoms with Gasteiger partial charge in [-0.15, -0.1) is 0 Å². The number of aliphatic imine (C=N–C) groups is 1. The fourth-order valence-corrected chi connectivity index (χ4v) is 3.05. The van der Waals surface area contributed by atoms with Crippen molar-refractivity contribution in [2.45, 2.75) is 39.7 Å². The molecule has 0 saturated carbocycles. The summed E-state index contributed by atoms with van der Waals surface area (Å²) in [6.45, 7) is 8.82. The molecule has 1 N–H and O–H groups in total. The van der Waals surface area contributed by atoms with E-state index in [1.54, 1.807) is 7.11 Å². The van der Waals surface area contributed by atoms with Crippen LogP contribution in [-0.4, -0.2) is 47.9 Å². The summed E-state index contributed by atoms with van der Waals surface area (Å²) in [6, 6.07) is 8.17. The van der Waals surface area contributed by atoms with Crippen LogP contribution in [0.2, 0.25) is 0 Å². The molecule has 0 fully saturated rings. The zero-order chi connectivity index (χ0) is 19.8. The first-order valence-corrected chi connectivity index (χ1v) is 9.59. The second-order valence-corrected chi connectivity index (χ2v) is 7.06. The monoisotopic (exact) mass is 371 g/mol. The highest BCUT2D eigenvalue weighted by Crippen LogP contribution is 2.18. The van der Waals surface area contributed by atoms with Gasteiger partial charge in [-0.2, -0.15) is 5.10 Å². The second kappa shape index (κ2) is 10.00. The van der Waals surface area contributed by atoms with Crippen molar-refractivity contribution in [3.8, 4) is 5.75 Å². The number of aryl methyl sites for hydroxylation is 1. The van der Waals surface area contributed by atoms with E-state index in [2.05, 4.69) is 61.5 Å². The van der Waals surface area contributed by atoms with Crippen molar-refractivity contribution >= 4 is 5.96 Å². The van der Waals surface area contributed by atoms with Gasteiger partial charge in [0.25, 0.3) is 0 Å². The van der Waals surface area contributed by atoms with Crippen LogP contribution in [0, 0.1) is 0 Å². The van der Waals surface area contributed by atoms with Gasteiger partial charge in [0.15, 0.2) is 5.96 Å². The first-order valence-electron chi connectivity index (χ1n) is 9.59. The summed E-state index contributed by atoms with van der Waals surface area (Å²) in [5.74, 6) is 2.21. The number of methoxy groups -OCH3 is 1. The van der Waals surface area contributed by atoms with Gasteiger partial charge in [-0.25, -0.2) is 0 Å². The molecule has 1 aromatic carbocycles. The van der Waals surface area contributed by atoms with Gasteiger partial charge in [0, 0.05) is 45.5 Å². The van der Waals surface area contributed by atoms with E-state index < -0.39 is 0 Å². The molecular weight excluding hydrogens is 338 g/mol. The van der Waals surface area contributed by atoms with Crippen LogP contribution in [-0.2, 0) is 20.0 Å². The Kier molecular flexibility index (Phi) is 7.70. The number of rotatable bonds is 8. The van der Waals surface area contributed by atoms with E-state index in [1.165, 1.54) is 11.1 Å². The number of hydrogen-bond acceptors (Lipinski definition) is 3. The van der Waals surface area contributed by atoms with Gasteiger partial charge >= 0.3 is 0 Å². The highest BCUT2D eigenvalue weighted by atomic mass is 16.5. The summed E-state index contributed by atoms with van der Waals surface area (Å²) in [6.07, 6.45) is 3.00. The summed E-state index contributed by atoms with van der Waals surface area (Å²) >= 11 is 0. The Balaban J connectivity index is 2.02. The fourth-order valence-electron chi connectivity index (χ4n) is 3.05. The zero-order valence-corrected chi connectivity index (χ0v) is 17.5. The lowest BCUT2D eigenvalue weighted by atomic mass is 10.1. The van der Waals surface area contributed by atoms with Gasteiger partial charge in [-0.05, 0) is 37.0 Å². The quantitative estimate of drug-likeness (QED) is 0.572. The normalized spacial score (nSPS) is 11.7. The van der Waals surface area contributed by atoms with Gasteiger partial charge in [-0.1, -0.05) is 26.0 Å². The first-order chi connectivity index (χ1) is 12.9. The molecule has 2 aromatic rings. The zero-order valence-electron chi connectivity index (χ0n) is 17.5. The van der Waals surface area contributed by atoms with Gasteiger partial charge < -0.3 is 15.0 Å². The molecule has 6 heteroatoms. The third-order valence-corrected chi connectivity index (χ3v) is 4.41. The molecule has 1 aromatic heterocycles. The highest BCUT2D eigenvalue weighted by Gasteiger charge is 2.15. The molecule has 0 aliphatic heterocycles. The minimum absolute atomic E-state index is 0.407. The number of hydrogen-bond donors (Lipinski definition) is 1. The number of aromatic nitrogens is 2. The third-order valence-electron chi connectivity index (χ3n) is 4.41. The van der Waals surface area contributed by atoms with E-state index in [-0.39, 0.29) is 0 Å². The Morgan fingerprint density at radius 3 is 2.59 bits per heavy atom. The number of guanidine groups is 1. The van der Waals surface area contributed by atoms with Crippen LogP contribution in [0.15, 0.2) is 35.5 Å². The van der Waals surface area contributed by atoms with Gasteiger partial charge in [-0.3, -0.25) is 9.67 Å². The maximum atomic E-state index is 5.21. The van der Waals surface area contributed by atoms with Gasteiger partial charge in [0.1, 0.15) is 5.75 Å². The fraction of sp³-hybridized carbons (Fsp3) is 0.524. The van der Waals surface area contributed by atoms with Crippen LogP contribution in [0.3, 0.4) is 0 Å². The van der Waals surface area contributed by atoms with Crippen molar-refractivity contribution < 1.29 is 4.74 Å². The molecule has 0 bridgehead atoms. The average Bonchev–Trinajstić information content (AvgIpc) is 3.02. The minimum atomic E-state index is 0.407. The molecule has 0 atom stereocenters. The van der Waals surface area contributed by atoms with E-state index in [9.17, 15) is 0 Å². The summed E-state index contributed by atoms with van der Waals surface area (Å²) in [4.78, 5) is 6.97. The number of ether oxygens (including phenoxy) is 1. The van der Waals surface area contributed by atoms with E-state index in [0.717, 1.165) is 43.5 Å². The Labute approximate surface area is 163 Å². The van der Waals surface area contributed by atoms with E-state index in [4.69, 9.17) is 9.73 Å². The lowest BCUT2D eigenvalue weighted by molar-refractivity contribution is 0.414. The van der Waals surface area contributed by atoms with Gasteiger partial charge in [0.2, 0.25) is 0 Å². The molecule has 0 aliphatic rings. The van der Waals surface area contributed by atoms with Gasteiger partial charge in [0.05, 0.1) is 12.8 Å². The number of nitrogens with zero attached hydrogens (tertiary/aromatic N) is 4. The molecule has 0 radical (unpaired) electrons. The summed E-state index contributed by atoms with van der Waals surface area (Å²) < 4.78 is 7.10. The van der Waals surface area contributed by atoms with Crippen LogP contribution in [0.4, 0.5) is 0 Å². The minimum Gasteiger partial charge on any atom is -0.497 e. The Hall–Kier alpha value is -2.50. The lowest BCUT2D eigenvalue weighted by Gasteiger charge is -2.22. The predicted molar refractivity (Wildman–Crippen MR) is 111 cm³/mol. The molecule has 2 rings (SSSR count). The van der Waals surface area contributed by atoms with E-state index >= 15 is 0 Å². The molecule has 27 heavy (non-hydrogen) atoms. The maximum Gasteiger partial charge on any atom is 0.193 e. The summed E-state index contributed by atoms with van der Waals surface area (Å²) in [5.41, 5.74) is 3.65. The van der Waals surface area contributed by atoms with Crippen molar-refractivity contribution in [3.63, 3.8) is 0 Å². The number of benzene rings is 1. The Bertz CT molecular complexity index is 734. The van der Waals surface area contributed by atoms with Crippen molar-refractivity contribution in [1.29, 1.82) is 0 Å². The molecule has 6 nitrogen and oxygen atoms in total. The third kappa shape index (κ3) is 6.01. The van der Waals surface area contributed by atoms with Crippen molar-refractivity contribution in [2.24, 2.45) is 12.0 Å². The SMILES string of the molecule is CCNC(=NCCc1ccc(OC)cc1)N(C)Cc1cn(C)nc1C(C)C. The summed E-state index contributed by atoms with van der Waals surface area (Å²) in [7, 11) is 5.74. The molecule has 1 heterocycles. The number of nitrogens with one attached hydrogen (secondary N) is 1. The molecule has 0 aliphatic carbocycles. The first kappa shape index (κ1) is 20.8. The van der Waals surface area contributed by atoms with Crippen LogP contribution < -0.4 is 10.1 Å². The maximum absolute atomic E-state index is 5.21. The average molecular weight is 372 g/mol. The van der Waals surface area contributed by atoms with Crippen LogP contribution in [0.1, 0.15) is 43.5 Å². The molecular formula is C21H33N5O. The van der Waals surface area contributed by atoms with Crippen molar-refractivity contribution in [1.82, 2.24) is 20.0 Å². The standard InChI is InChI=1S/C21H33N5O/c1-7-22-21(23-13-12-17-8-10-19(27-6)11-9-17)25(4)14-18-15-26(5)24-20(18)16(2)3/h8-11,15-16H,7,12-14H2,1-6H3,(H,22,23). The largest absolute Gasteiger partial charge is 0.497 e. The predicted octanol–water partition coefficient (Wildman–Crippen LogP) is 3.19. The molecule has 0 amide bonds. The van der Waals surface area contributed by atoms with E-state index in [0.29, 0.717) is 5.92 Å². The van der Waals surface area contributed by atoms with Crippen LogP contribution in [0.5, 0.6) is 5.75 Å². The van der Waals surface area contributed by atoms with Crippen molar-refractivity contribution in [2.75, 3.05) is 27.2 Å². The molecule has 0 unspecified atom stereocenters. The lowest BCUT2D eigenvalue weighted by Crippen LogP contribution is -2.38. The molecule has 0 spiro atoms. The molecule has 148 valence electrons. The molecule has 0 saturated heterocycles. The Morgan fingerprint density at radius 1 is 1.30 bits per heavy atom. The summed E-state index contributed by atoms with van der Waals surface area (Å²) in [5, 5.41) is 8.00. The van der Waals surface area contributed by atoms with Crippen LogP contribution >= 0.6 is 0 Å². The Morgan fingerprint density at radius 2 is 2.00 bits per heavy atom. The topological polar surface area (TPSA) is 54.7 Å².